The molecule has 10 heteroatoms. The van der Waals surface area contributed by atoms with Gasteiger partial charge in [-0.05, 0) is 31.0 Å². The Morgan fingerprint density at radius 1 is 1.15 bits per heavy atom. The van der Waals surface area contributed by atoms with Crippen LogP contribution in [0.3, 0.4) is 0 Å². The summed E-state index contributed by atoms with van der Waals surface area (Å²) < 4.78 is 40.1. The van der Waals surface area contributed by atoms with Gasteiger partial charge >= 0.3 is 12.1 Å². The predicted octanol–water partition coefficient (Wildman–Crippen LogP) is 2.26. The van der Waals surface area contributed by atoms with Crippen molar-refractivity contribution in [2.24, 2.45) is 0 Å². The molecule has 1 aromatic heterocycles. The lowest BCUT2D eigenvalue weighted by molar-refractivity contribution is -0.137. The number of aromatic carboxylic acids is 1. The molecular weight excluding hydrogens is 355 g/mol. The van der Waals surface area contributed by atoms with E-state index in [0.29, 0.717) is 18.8 Å². The number of carboxylic acid groups (broad SMARTS) is 1. The van der Waals surface area contributed by atoms with Crippen molar-refractivity contribution >= 4 is 11.7 Å². The zero-order valence-electron chi connectivity index (χ0n) is 13.3. The number of rotatable bonds is 3. The van der Waals surface area contributed by atoms with E-state index in [1.165, 1.54) is 6.07 Å². The number of anilines is 1. The second-order valence-corrected chi connectivity index (χ2v) is 5.84. The van der Waals surface area contributed by atoms with Gasteiger partial charge in [0.1, 0.15) is 0 Å². The van der Waals surface area contributed by atoms with Crippen LogP contribution in [0.15, 0.2) is 29.2 Å². The maximum atomic E-state index is 13.1. The monoisotopic (exact) mass is 369 g/mol. The van der Waals surface area contributed by atoms with Crippen LogP contribution in [0, 0.1) is 0 Å². The van der Waals surface area contributed by atoms with Gasteiger partial charge in [-0.15, -0.1) is 0 Å². The Morgan fingerprint density at radius 3 is 2.38 bits per heavy atom. The number of carboxylic acids is 1. The SMILES string of the molecule is O=C(O)c1nn(-c2cc(C(F)(F)F)ccc2N2CCCC2)cc(O)c1=O. The summed E-state index contributed by atoms with van der Waals surface area (Å²) in [6.07, 6.45) is -2.08. The minimum absolute atomic E-state index is 0.0699. The molecule has 1 aliphatic heterocycles. The standard InChI is InChI=1S/C16H14F3N3O4/c17-16(18,19)9-3-4-10(21-5-1-2-6-21)11(7-9)22-8-12(23)14(24)13(20-22)15(25)26/h3-4,7-8,23H,1-2,5-6H2,(H,25,26). The van der Waals surface area contributed by atoms with Crippen LogP contribution in [0.25, 0.3) is 5.69 Å². The number of aromatic hydroxyl groups is 1. The Morgan fingerprint density at radius 2 is 1.81 bits per heavy atom. The summed E-state index contributed by atoms with van der Waals surface area (Å²) >= 11 is 0. The van der Waals surface area contributed by atoms with Crippen molar-refractivity contribution in [3.63, 3.8) is 0 Å². The average Bonchev–Trinajstić information content (AvgIpc) is 3.10. The normalized spacial score (nSPS) is 14.7. The second kappa shape index (κ2) is 6.36. The lowest BCUT2D eigenvalue weighted by atomic mass is 10.1. The zero-order chi connectivity index (χ0) is 19.1. The van der Waals surface area contributed by atoms with E-state index in [4.69, 9.17) is 5.11 Å². The Hall–Kier alpha value is -3.04. The van der Waals surface area contributed by atoms with Gasteiger partial charge in [-0.25, -0.2) is 9.48 Å². The number of benzene rings is 1. The molecule has 0 atom stereocenters. The van der Waals surface area contributed by atoms with Gasteiger partial charge in [0.25, 0.3) is 5.43 Å². The summed E-state index contributed by atoms with van der Waals surface area (Å²) in [6.45, 7) is 1.24. The van der Waals surface area contributed by atoms with Crippen LogP contribution >= 0.6 is 0 Å². The fourth-order valence-electron chi connectivity index (χ4n) is 2.85. The van der Waals surface area contributed by atoms with E-state index >= 15 is 0 Å². The van der Waals surface area contributed by atoms with E-state index in [-0.39, 0.29) is 5.69 Å². The van der Waals surface area contributed by atoms with Crippen molar-refractivity contribution < 1.29 is 28.2 Å². The van der Waals surface area contributed by atoms with Crippen molar-refractivity contribution in [2.45, 2.75) is 19.0 Å². The maximum Gasteiger partial charge on any atom is 0.416 e. The first-order valence-electron chi connectivity index (χ1n) is 7.71. The first-order valence-corrected chi connectivity index (χ1v) is 7.71. The van der Waals surface area contributed by atoms with E-state index in [1.807, 2.05) is 4.90 Å². The molecule has 1 aliphatic rings. The highest BCUT2D eigenvalue weighted by atomic mass is 19.4. The molecule has 0 saturated carbocycles. The molecule has 1 aromatic carbocycles. The largest absolute Gasteiger partial charge is 0.503 e. The molecule has 0 unspecified atom stereocenters. The predicted molar refractivity (Wildman–Crippen MR) is 84.9 cm³/mol. The van der Waals surface area contributed by atoms with Crippen molar-refractivity contribution in [3.05, 3.63) is 45.9 Å². The first-order chi connectivity index (χ1) is 12.2. The molecule has 2 N–H and O–H groups in total. The topological polar surface area (TPSA) is 95.7 Å². The zero-order valence-corrected chi connectivity index (χ0v) is 13.3. The number of nitrogens with zero attached hydrogens (tertiary/aromatic N) is 3. The molecule has 0 spiro atoms. The van der Waals surface area contributed by atoms with Gasteiger partial charge in [-0.1, -0.05) is 0 Å². The number of aromatic nitrogens is 2. The lowest BCUT2D eigenvalue weighted by Crippen LogP contribution is -2.24. The van der Waals surface area contributed by atoms with Gasteiger partial charge < -0.3 is 15.1 Å². The Labute approximate surface area is 144 Å². The molecule has 26 heavy (non-hydrogen) atoms. The third-order valence-electron chi connectivity index (χ3n) is 4.10. The highest BCUT2D eigenvalue weighted by molar-refractivity contribution is 5.85. The smallest absolute Gasteiger partial charge is 0.416 e. The highest BCUT2D eigenvalue weighted by Crippen LogP contribution is 2.35. The molecule has 7 nitrogen and oxygen atoms in total. The molecule has 1 saturated heterocycles. The van der Waals surface area contributed by atoms with Crippen molar-refractivity contribution in [2.75, 3.05) is 18.0 Å². The van der Waals surface area contributed by atoms with Crippen LogP contribution in [0.1, 0.15) is 28.9 Å². The maximum absolute atomic E-state index is 13.1. The number of alkyl halides is 3. The summed E-state index contributed by atoms with van der Waals surface area (Å²) in [5, 5.41) is 22.4. The van der Waals surface area contributed by atoms with Gasteiger partial charge in [0, 0.05) is 13.1 Å². The molecule has 0 radical (unpaired) electrons. The van der Waals surface area contributed by atoms with E-state index in [2.05, 4.69) is 5.10 Å². The number of hydrogen-bond acceptors (Lipinski definition) is 5. The van der Waals surface area contributed by atoms with Crippen LogP contribution < -0.4 is 10.3 Å². The van der Waals surface area contributed by atoms with Crippen LogP contribution in [-0.4, -0.2) is 39.1 Å². The van der Waals surface area contributed by atoms with Crippen molar-refractivity contribution in [1.29, 1.82) is 0 Å². The fourth-order valence-corrected chi connectivity index (χ4v) is 2.85. The lowest BCUT2D eigenvalue weighted by Gasteiger charge is -2.23. The second-order valence-electron chi connectivity index (χ2n) is 5.84. The van der Waals surface area contributed by atoms with Gasteiger partial charge in [0.05, 0.1) is 23.1 Å². The molecule has 0 amide bonds. The molecule has 2 heterocycles. The molecule has 2 aromatic rings. The number of halogens is 3. The molecule has 0 bridgehead atoms. The third kappa shape index (κ3) is 3.22. The van der Waals surface area contributed by atoms with Gasteiger partial charge in [-0.3, -0.25) is 4.79 Å². The summed E-state index contributed by atoms with van der Waals surface area (Å²) in [6, 6.07) is 3.02. The van der Waals surface area contributed by atoms with Gasteiger partial charge in [0.2, 0.25) is 5.69 Å². The highest BCUT2D eigenvalue weighted by Gasteiger charge is 2.32. The number of carbonyl (C=O) groups is 1. The Kier molecular flexibility index (Phi) is 4.34. The van der Waals surface area contributed by atoms with Gasteiger partial charge in [-0.2, -0.15) is 18.3 Å². The summed E-state index contributed by atoms with van der Waals surface area (Å²) in [7, 11) is 0. The Bertz CT molecular complexity index is 918. The molecule has 0 aliphatic carbocycles. The summed E-state index contributed by atoms with van der Waals surface area (Å²) in [4.78, 5) is 24.7. The molecular formula is C16H14F3N3O4. The average molecular weight is 369 g/mol. The van der Waals surface area contributed by atoms with E-state index in [0.717, 1.165) is 35.9 Å². The molecule has 138 valence electrons. The number of hydrogen-bond donors (Lipinski definition) is 2. The minimum Gasteiger partial charge on any atom is -0.503 e. The van der Waals surface area contributed by atoms with Gasteiger partial charge in [0.15, 0.2) is 5.75 Å². The van der Waals surface area contributed by atoms with Crippen LogP contribution in [0.5, 0.6) is 5.75 Å². The van der Waals surface area contributed by atoms with Crippen LogP contribution in [-0.2, 0) is 6.18 Å². The van der Waals surface area contributed by atoms with Crippen LogP contribution in [0.4, 0.5) is 18.9 Å². The van der Waals surface area contributed by atoms with E-state index < -0.39 is 34.6 Å². The fraction of sp³-hybridized carbons (Fsp3) is 0.312. The first kappa shape index (κ1) is 17.8. The van der Waals surface area contributed by atoms with E-state index in [9.17, 15) is 27.9 Å². The third-order valence-corrected chi connectivity index (χ3v) is 4.10. The Balaban J connectivity index is 2.24. The summed E-state index contributed by atoms with van der Waals surface area (Å²) in [5.41, 5.74) is -2.80. The summed E-state index contributed by atoms with van der Waals surface area (Å²) in [5.74, 6) is -2.60. The van der Waals surface area contributed by atoms with Crippen molar-refractivity contribution in [3.8, 4) is 11.4 Å². The minimum atomic E-state index is -4.62. The molecule has 1 fully saturated rings. The van der Waals surface area contributed by atoms with E-state index in [1.54, 1.807) is 0 Å². The molecule has 3 rings (SSSR count). The quantitative estimate of drug-likeness (QED) is 0.862. The van der Waals surface area contributed by atoms with Crippen molar-refractivity contribution in [1.82, 2.24) is 9.78 Å². The van der Waals surface area contributed by atoms with Crippen LogP contribution in [0.2, 0.25) is 0 Å².